The van der Waals surface area contributed by atoms with Crippen molar-refractivity contribution < 1.29 is 9.53 Å². The predicted octanol–water partition coefficient (Wildman–Crippen LogP) is 5.42. The van der Waals surface area contributed by atoms with Crippen molar-refractivity contribution in [2.45, 2.75) is 0 Å². The van der Waals surface area contributed by atoms with Gasteiger partial charge in [-0.2, -0.15) is 0 Å². The lowest BCUT2D eigenvalue weighted by Crippen LogP contribution is -2.08. The van der Waals surface area contributed by atoms with Crippen LogP contribution in [-0.4, -0.2) is 13.0 Å². The maximum Gasteiger partial charge on any atom is 0.248 e. The Morgan fingerprint density at radius 1 is 1.27 bits per heavy atom. The Bertz CT molecular complexity index is 732. The van der Waals surface area contributed by atoms with E-state index in [1.54, 1.807) is 31.4 Å². The fourth-order valence-electron chi connectivity index (χ4n) is 1.78. The van der Waals surface area contributed by atoms with E-state index in [2.05, 4.69) is 21.2 Å². The molecule has 1 amide bonds. The molecule has 2 aromatic carbocycles. The van der Waals surface area contributed by atoms with E-state index in [1.165, 1.54) is 6.08 Å². The van der Waals surface area contributed by atoms with Crippen LogP contribution in [0.5, 0.6) is 5.75 Å². The maximum atomic E-state index is 12.0. The summed E-state index contributed by atoms with van der Waals surface area (Å²) in [6.45, 7) is 0. The summed E-state index contributed by atoms with van der Waals surface area (Å²) in [7, 11) is 1.58. The third-order valence-corrected chi connectivity index (χ3v) is 4.13. The van der Waals surface area contributed by atoms with Crippen LogP contribution in [0.25, 0.3) is 6.08 Å². The number of benzene rings is 2. The molecule has 1 N–H and O–H groups in total. The smallest absolute Gasteiger partial charge is 0.248 e. The van der Waals surface area contributed by atoms with E-state index in [0.29, 0.717) is 21.5 Å². The summed E-state index contributed by atoms with van der Waals surface area (Å²) < 4.78 is 6.14. The molecule has 0 aliphatic rings. The molecule has 0 bridgehead atoms. The number of nitrogens with one attached hydrogen (secondary N) is 1. The number of carbonyl (C=O) groups is 1. The number of hydrogen-bond acceptors (Lipinski definition) is 2. The molecule has 22 heavy (non-hydrogen) atoms. The number of halogens is 3. The van der Waals surface area contributed by atoms with E-state index < -0.39 is 0 Å². The first kappa shape index (κ1) is 16.9. The fourth-order valence-corrected chi connectivity index (χ4v) is 2.50. The highest BCUT2D eigenvalue weighted by Crippen LogP contribution is 2.29. The van der Waals surface area contributed by atoms with Gasteiger partial charge in [0, 0.05) is 16.1 Å². The molecule has 0 fully saturated rings. The summed E-state index contributed by atoms with van der Waals surface area (Å²) in [5.41, 5.74) is 1.24. The molecule has 2 rings (SSSR count). The molecule has 0 atom stereocenters. The summed E-state index contributed by atoms with van der Waals surface area (Å²) in [6.07, 6.45) is 3.07. The second-order valence-electron chi connectivity index (χ2n) is 4.31. The van der Waals surface area contributed by atoms with Crippen LogP contribution in [0.4, 0.5) is 5.69 Å². The van der Waals surface area contributed by atoms with Crippen LogP contribution in [0.15, 0.2) is 46.9 Å². The molecule has 3 nitrogen and oxygen atoms in total. The van der Waals surface area contributed by atoms with Crippen LogP contribution >= 0.6 is 39.1 Å². The number of carbonyl (C=O) groups excluding carboxylic acids is 1. The van der Waals surface area contributed by atoms with Crippen LogP contribution in [0.2, 0.25) is 10.0 Å². The van der Waals surface area contributed by atoms with Crippen molar-refractivity contribution in [1.82, 2.24) is 0 Å². The second kappa shape index (κ2) is 7.68. The summed E-state index contributed by atoms with van der Waals surface area (Å²) in [5.74, 6) is 0.360. The molecule has 114 valence electrons. The number of anilines is 1. The Labute approximate surface area is 147 Å². The van der Waals surface area contributed by atoms with Gasteiger partial charge in [0.1, 0.15) is 5.75 Å². The minimum absolute atomic E-state index is 0.311. The highest BCUT2D eigenvalue weighted by Gasteiger charge is 2.07. The van der Waals surface area contributed by atoms with Gasteiger partial charge < -0.3 is 10.1 Å². The fraction of sp³-hybridized carbons (Fsp3) is 0.0625. The molecule has 0 radical (unpaired) electrons. The van der Waals surface area contributed by atoms with Crippen LogP contribution in [0, 0.1) is 0 Å². The summed E-state index contributed by atoms with van der Waals surface area (Å²) in [4.78, 5) is 12.0. The van der Waals surface area contributed by atoms with Gasteiger partial charge in [0.2, 0.25) is 5.91 Å². The lowest BCUT2D eigenvalue weighted by atomic mass is 10.2. The van der Waals surface area contributed by atoms with Crippen molar-refractivity contribution in [3.63, 3.8) is 0 Å². The van der Waals surface area contributed by atoms with Gasteiger partial charge >= 0.3 is 0 Å². The van der Waals surface area contributed by atoms with E-state index in [4.69, 9.17) is 27.9 Å². The summed E-state index contributed by atoms with van der Waals surface area (Å²) in [5, 5.41) is 3.38. The van der Waals surface area contributed by atoms with Gasteiger partial charge in [-0.25, -0.2) is 0 Å². The normalized spacial score (nSPS) is 10.7. The lowest BCUT2D eigenvalue weighted by Gasteiger charge is -2.07. The largest absolute Gasteiger partial charge is 0.496 e. The number of rotatable bonds is 4. The highest BCUT2D eigenvalue weighted by atomic mass is 79.9. The van der Waals surface area contributed by atoms with Crippen LogP contribution in [-0.2, 0) is 4.79 Å². The first-order valence-corrected chi connectivity index (χ1v) is 7.83. The Kier molecular flexibility index (Phi) is 5.89. The molecule has 0 heterocycles. The van der Waals surface area contributed by atoms with Gasteiger partial charge in [0.25, 0.3) is 0 Å². The molecule has 2 aromatic rings. The summed E-state index contributed by atoms with van der Waals surface area (Å²) in [6, 6.07) is 10.6. The van der Waals surface area contributed by atoms with Crippen molar-refractivity contribution in [1.29, 1.82) is 0 Å². The highest BCUT2D eigenvalue weighted by molar-refractivity contribution is 9.10. The van der Waals surface area contributed by atoms with E-state index in [-0.39, 0.29) is 5.91 Å². The SMILES string of the molecule is COc1ccc(Br)cc1/C=C/C(=O)Nc1cccc(Cl)c1Cl. The zero-order valence-corrected chi connectivity index (χ0v) is 14.7. The van der Waals surface area contributed by atoms with E-state index in [0.717, 1.165) is 10.0 Å². The van der Waals surface area contributed by atoms with Crippen molar-refractivity contribution in [2.75, 3.05) is 12.4 Å². The van der Waals surface area contributed by atoms with Gasteiger partial charge in [-0.15, -0.1) is 0 Å². The van der Waals surface area contributed by atoms with Crippen molar-refractivity contribution in [3.8, 4) is 5.75 Å². The number of hydrogen-bond donors (Lipinski definition) is 1. The first-order chi connectivity index (χ1) is 10.5. The van der Waals surface area contributed by atoms with Crippen molar-refractivity contribution in [3.05, 3.63) is 62.6 Å². The van der Waals surface area contributed by atoms with E-state index in [1.807, 2.05) is 18.2 Å². The zero-order chi connectivity index (χ0) is 16.1. The first-order valence-electron chi connectivity index (χ1n) is 6.28. The molecular formula is C16H12BrCl2NO2. The Morgan fingerprint density at radius 3 is 2.77 bits per heavy atom. The average Bonchev–Trinajstić information content (AvgIpc) is 2.50. The molecule has 0 saturated carbocycles. The van der Waals surface area contributed by atoms with E-state index in [9.17, 15) is 4.79 Å². The lowest BCUT2D eigenvalue weighted by molar-refractivity contribution is -0.111. The monoisotopic (exact) mass is 399 g/mol. The number of ether oxygens (including phenoxy) is 1. The number of amides is 1. The van der Waals surface area contributed by atoms with Crippen LogP contribution in [0.3, 0.4) is 0 Å². The molecule has 0 aromatic heterocycles. The molecular weight excluding hydrogens is 389 g/mol. The molecule has 0 aliphatic carbocycles. The zero-order valence-electron chi connectivity index (χ0n) is 11.6. The number of methoxy groups -OCH3 is 1. The standard InChI is InChI=1S/C16H12BrCl2NO2/c1-22-14-7-6-11(17)9-10(14)5-8-15(21)20-13-4-2-3-12(18)16(13)19/h2-9H,1H3,(H,20,21)/b8-5+. The molecule has 0 unspecified atom stereocenters. The van der Waals surface area contributed by atoms with Crippen LogP contribution in [0.1, 0.15) is 5.56 Å². The molecule has 0 spiro atoms. The van der Waals surface area contributed by atoms with Gasteiger partial charge in [0.05, 0.1) is 22.8 Å². The topological polar surface area (TPSA) is 38.3 Å². The Morgan fingerprint density at radius 2 is 2.05 bits per heavy atom. The second-order valence-corrected chi connectivity index (χ2v) is 6.01. The Balaban J connectivity index is 2.15. The molecule has 6 heteroatoms. The van der Waals surface area contributed by atoms with Gasteiger partial charge in [0.15, 0.2) is 0 Å². The third-order valence-electron chi connectivity index (χ3n) is 2.82. The van der Waals surface area contributed by atoms with Crippen LogP contribution < -0.4 is 10.1 Å². The molecule has 0 saturated heterocycles. The minimum Gasteiger partial charge on any atom is -0.496 e. The van der Waals surface area contributed by atoms with Gasteiger partial charge in [-0.05, 0) is 36.4 Å². The quantitative estimate of drug-likeness (QED) is 0.696. The summed E-state index contributed by atoms with van der Waals surface area (Å²) >= 11 is 15.3. The van der Waals surface area contributed by atoms with E-state index >= 15 is 0 Å². The van der Waals surface area contributed by atoms with Crippen molar-refractivity contribution in [2.24, 2.45) is 0 Å². The third kappa shape index (κ3) is 4.26. The molecule has 0 aliphatic heterocycles. The predicted molar refractivity (Wildman–Crippen MR) is 94.8 cm³/mol. The Hall–Kier alpha value is -1.49. The van der Waals surface area contributed by atoms with Gasteiger partial charge in [-0.3, -0.25) is 4.79 Å². The van der Waals surface area contributed by atoms with Crippen molar-refractivity contribution >= 4 is 56.8 Å². The maximum absolute atomic E-state index is 12.0. The minimum atomic E-state index is -0.314. The van der Waals surface area contributed by atoms with Gasteiger partial charge in [-0.1, -0.05) is 45.2 Å². The average molecular weight is 401 g/mol.